The second kappa shape index (κ2) is 7.33. The second-order valence-electron chi connectivity index (χ2n) is 7.14. The number of nitro benzene ring substituents is 1. The van der Waals surface area contributed by atoms with Crippen molar-refractivity contribution in [2.24, 2.45) is 0 Å². The fourth-order valence-corrected chi connectivity index (χ4v) is 4.80. The van der Waals surface area contributed by atoms with E-state index < -0.39 is 0 Å². The van der Waals surface area contributed by atoms with Crippen molar-refractivity contribution in [3.63, 3.8) is 0 Å². The van der Waals surface area contributed by atoms with Crippen molar-refractivity contribution in [2.75, 3.05) is 31.1 Å². The summed E-state index contributed by atoms with van der Waals surface area (Å²) in [5, 5.41) is 12.0. The first kappa shape index (κ1) is 18.6. The van der Waals surface area contributed by atoms with Gasteiger partial charge in [0.15, 0.2) is 5.82 Å². The molecule has 0 amide bonds. The van der Waals surface area contributed by atoms with E-state index >= 15 is 0 Å². The molecule has 28 heavy (non-hydrogen) atoms. The van der Waals surface area contributed by atoms with Crippen molar-refractivity contribution in [1.29, 1.82) is 0 Å². The van der Waals surface area contributed by atoms with E-state index in [9.17, 15) is 14.9 Å². The van der Waals surface area contributed by atoms with E-state index in [-0.39, 0.29) is 16.2 Å². The number of fused-ring (bicyclic) bond motifs is 1. The van der Waals surface area contributed by atoms with Gasteiger partial charge in [0.1, 0.15) is 17.1 Å². The van der Waals surface area contributed by atoms with Crippen LogP contribution >= 0.6 is 11.3 Å². The predicted octanol–water partition coefficient (Wildman–Crippen LogP) is 1.41. The molecule has 0 unspecified atom stereocenters. The molecule has 3 aromatic rings. The van der Waals surface area contributed by atoms with Gasteiger partial charge < -0.3 is 14.8 Å². The molecular weight excluding hydrogens is 378 g/mol. The number of rotatable bonds is 4. The Bertz CT molecular complexity index is 1100. The summed E-state index contributed by atoms with van der Waals surface area (Å²) in [6.07, 6.45) is 0. The number of aromatic amines is 1. The molecule has 2 N–H and O–H groups in total. The molecule has 0 saturated carbocycles. The maximum absolute atomic E-state index is 12.4. The average Bonchev–Trinajstić information content (AvgIpc) is 2.96. The minimum atomic E-state index is -0.330. The van der Waals surface area contributed by atoms with Crippen molar-refractivity contribution in [2.45, 2.75) is 20.4 Å². The van der Waals surface area contributed by atoms with Gasteiger partial charge in [0.05, 0.1) is 36.5 Å². The summed E-state index contributed by atoms with van der Waals surface area (Å²) in [5.74, 6) is 0.702. The van der Waals surface area contributed by atoms with Crippen molar-refractivity contribution < 1.29 is 9.82 Å². The number of aryl methyl sites for hydroxylation is 2. The van der Waals surface area contributed by atoms with E-state index in [1.165, 1.54) is 4.90 Å². The quantitative estimate of drug-likeness (QED) is 0.510. The van der Waals surface area contributed by atoms with Crippen LogP contribution in [0.25, 0.3) is 10.2 Å². The van der Waals surface area contributed by atoms with E-state index in [4.69, 9.17) is 0 Å². The summed E-state index contributed by atoms with van der Waals surface area (Å²) in [5.41, 5.74) is 1.75. The van der Waals surface area contributed by atoms with Crippen LogP contribution in [0.3, 0.4) is 0 Å². The summed E-state index contributed by atoms with van der Waals surface area (Å²) in [6, 6.07) is 6.87. The van der Waals surface area contributed by atoms with Crippen LogP contribution in [0.5, 0.6) is 0 Å². The van der Waals surface area contributed by atoms with Crippen molar-refractivity contribution in [1.82, 2.24) is 9.97 Å². The first-order valence-electron chi connectivity index (χ1n) is 9.25. The highest BCUT2D eigenvalue weighted by molar-refractivity contribution is 7.18. The van der Waals surface area contributed by atoms with Gasteiger partial charge in [-0.3, -0.25) is 14.9 Å². The van der Waals surface area contributed by atoms with Gasteiger partial charge >= 0.3 is 0 Å². The average molecular weight is 400 g/mol. The molecule has 4 rings (SSSR count). The van der Waals surface area contributed by atoms with Gasteiger partial charge in [0.2, 0.25) is 0 Å². The molecule has 0 atom stereocenters. The third kappa shape index (κ3) is 3.38. The third-order valence-electron chi connectivity index (χ3n) is 5.40. The van der Waals surface area contributed by atoms with Crippen LogP contribution in [0, 0.1) is 24.0 Å². The molecule has 0 bridgehead atoms. The lowest BCUT2D eigenvalue weighted by atomic mass is 10.2. The number of H-pyrrole nitrogens is 1. The molecule has 1 aliphatic rings. The van der Waals surface area contributed by atoms with Gasteiger partial charge in [-0.05, 0) is 25.5 Å². The van der Waals surface area contributed by atoms with Crippen molar-refractivity contribution in [3.8, 4) is 0 Å². The molecular formula is C19H22N5O3S+. The summed E-state index contributed by atoms with van der Waals surface area (Å²) >= 11 is 1.56. The number of aromatic nitrogens is 2. The summed E-state index contributed by atoms with van der Waals surface area (Å²) in [6.45, 7) is 7.72. The molecule has 1 aliphatic heterocycles. The van der Waals surface area contributed by atoms with Gasteiger partial charge in [-0.2, -0.15) is 0 Å². The maximum Gasteiger partial charge on any atom is 0.292 e. The van der Waals surface area contributed by atoms with Crippen LogP contribution < -0.4 is 15.4 Å². The van der Waals surface area contributed by atoms with E-state index in [0.717, 1.165) is 41.5 Å². The number of nitrogens with zero attached hydrogens (tertiary/aromatic N) is 3. The molecule has 0 spiro atoms. The number of para-hydroxylation sites is 2. The summed E-state index contributed by atoms with van der Waals surface area (Å²) in [7, 11) is 0. The number of quaternary nitrogens is 1. The Hall–Kier alpha value is -2.78. The van der Waals surface area contributed by atoms with Gasteiger partial charge in [-0.25, -0.2) is 4.98 Å². The maximum atomic E-state index is 12.4. The summed E-state index contributed by atoms with van der Waals surface area (Å²) < 4.78 is 0. The zero-order valence-electron chi connectivity index (χ0n) is 15.8. The SMILES string of the molecule is Cc1sc2nc(C[NH+]3CCN(c4ccccc4[N+](=O)[O-])CC3)[nH]c(=O)c2c1C. The fraction of sp³-hybridized carbons (Fsp3) is 0.368. The highest BCUT2D eigenvalue weighted by Gasteiger charge is 2.26. The number of anilines is 1. The first-order chi connectivity index (χ1) is 13.4. The van der Waals surface area contributed by atoms with E-state index in [2.05, 4.69) is 14.9 Å². The molecule has 1 fully saturated rings. The highest BCUT2D eigenvalue weighted by atomic mass is 32.1. The Morgan fingerprint density at radius 3 is 2.71 bits per heavy atom. The van der Waals surface area contributed by atoms with Crippen LogP contribution in [0.4, 0.5) is 11.4 Å². The number of hydrogen-bond donors (Lipinski definition) is 2. The van der Waals surface area contributed by atoms with Crippen LogP contribution in [0.1, 0.15) is 16.3 Å². The van der Waals surface area contributed by atoms with E-state index in [0.29, 0.717) is 23.4 Å². The molecule has 2 aromatic heterocycles. The van der Waals surface area contributed by atoms with Gasteiger partial charge in [-0.1, -0.05) is 12.1 Å². The summed E-state index contributed by atoms with van der Waals surface area (Å²) in [4.78, 5) is 36.3. The van der Waals surface area contributed by atoms with Crippen molar-refractivity contribution >= 4 is 32.9 Å². The molecule has 9 heteroatoms. The number of thiophene rings is 1. The fourth-order valence-electron chi connectivity index (χ4n) is 3.75. The van der Waals surface area contributed by atoms with Crippen LogP contribution in [0.15, 0.2) is 29.1 Å². The van der Waals surface area contributed by atoms with Crippen LogP contribution in [-0.4, -0.2) is 41.1 Å². The number of nitro groups is 1. The third-order valence-corrected chi connectivity index (χ3v) is 6.50. The monoisotopic (exact) mass is 400 g/mol. The lowest BCUT2D eigenvalue weighted by Crippen LogP contribution is -3.13. The highest BCUT2D eigenvalue weighted by Crippen LogP contribution is 2.27. The normalized spacial score (nSPS) is 15.3. The Kier molecular flexibility index (Phi) is 4.86. The minimum Gasteiger partial charge on any atom is -0.355 e. The Balaban J connectivity index is 1.47. The molecule has 0 aliphatic carbocycles. The zero-order chi connectivity index (χ0) is 19.8. The molecule has 1 aromatic carbocycles. The lowest BCUT2D eigenvalue weighted by molar-refractivity contribution is -0.915. The Labute approximate surface area is 165 Å². The van der Waals surface area contributed by atoms with Gasteiger partial charge in [-0.15, -0.1) is 11.3 Å². The number of piperazine rings is 1. The van der Waals surface area contributed by atoms with Crippen molar-refractivity contribution in [3.05, 3.63) is 61.0 Å². The second-order valence-corrected chi connectivity index (χ2v) is 8.34. The number of nitrogens with one attached hydrogen (secondary N) is 2. The molecule has 3 heterocycles. The van der Waals surface area contributed by atoms with Gasteiger partial charge in [0.25, 0.3) is 11.2 Å². The molecule has 0 radical (unpaired) electrons. The minimum absolute atomic E-state index is 0.0696. The molecule has 8 nitrogen and oxygen atoms in total. The number of hydrogen-bond acceptors (Lipinski definition) is 6. The first-order valence-corrected chi connectivity index (χ1v) is 10.1. The molecule has 1 saturated heterocycles. The predicted molar refractivity (Wildman–Crippen MR) is 109 cm³/mol. The number of benzene rings is 1. The molecule has 146 valence electrons. The zero-order valence-corrected chi connectivity index (χ0v) is 16.6. The van der Waals surface area contributed by atoms with E-state index in [1.54, 1.807) is 29.5 Å². The smallest absolute Gasteiger partial charge is 0.292 e. The van der Waals surface area contributed by atoms with Gasteiger partial charge in [0, 0.05) is 10.9 Å². The Morgan fingerprint density at radius 2 is 2.00 bits per heavy atom. The van der Waals surface area contributed by atoms with Crippen LogP contribution in [-0.2, 0) is 6.54 Å². The Morgan fingerprint density at radius 1 is 1.29 bits per heavy atom. The van der Waals surface area contributed by atoms with E-state index in [1.807, 2.05) is 19.9 Å². The largest absolute Gasteiger partial charge is 0.355 e. The lowest BCUT2D eigenvalue weighted by Gasteiger charge is -2.33. The standard InChI is InChI=1S/C19H21N5O3S/c1-12-13(2)28-19-17(12)18(25)20-16(21-19)11-22-7-9-23(10-8-22)14-5-3-4-6-15(14)24(26)27/h3-6H,7-11H2,1-2H3,(H,20,21,25)/p+1. The van der Waals surface area contributed by atoms with Crippen LogP contribution in [0.2, 0.25) is 0 Å². The topological polar surface area (TPSA) is 96.6 Å².